The summed E-state index contributed by atoms with van der Waals surface area (Å²) in [5.74, 6) is -0.432. The Hall–Kier alpha value is -2.55. The highest BCUT2D eigenvalue weighted by atomic mass is 79.9. The molecule has 3 aromatic carbocycles. The van der Waals surface area contributed by atoms with Crippen LogP contribution in [0.15, 0.2) is 91.0 Å². The highest BCUT2D eigenvalue weighted by molar-refractivity contribution is 9.09. The van der Waals surface area contributed by atoms with Crippen LogP contribution in [0.25, 0.3) is 0 Å². The Morgan fingerprint density at radius 2 is 1.22 bits per heavy atom. The summed E-state index contributed by atoms with van der Waals surface area (Å²) in [5.41, 5.74) is 3.13. The van der Waals surface area contributed by atoms with E-state index >= 15 is 0 Å². The third-order valence-corrected chi connectivity index (χ3v) is 6.77. The van der Waals surface area contributed by atoms with Gasteiger partial charge in [-0.15, -0.1) is 0 Å². The summed E-state index contributed by atoms with van der Waals surface area (Å²) in [4.78, 5) is 11.4. The zero-order valence-corrected chi connectivity index (χ0v) is 21.8. The van der Waals surface area contributed by atoms with Crippen LogP contribution in [0.4, 0.5) is 0 Å². The molecule has 0 aromatic heterocycles. The van der Waals surface area contributed by atoms with Crippen molar-refractivity contribution in [1.29, 1.82) is 0 Å². The predicted molar refractivity (Wildman–Crippen MR) is 139 cm³/mol. The summed E-state index contributed by atoms with van der Waals surface area (Å²) in [6.07, 6.45) is -2.29. The van der Waals surface area contributed by atoms with Gasteiger partial charge in [-0.05, 0) is 16.7 Å². The van der Waals surface area contributed by atoms with E-state index in [4.69, 9.17) is 23.7 Å². The molecule has 190 valence electrons. The molecule has 0 amide bonds. The molecule has 0 saturated carbocycles. The summed E-state index contributed by atoms with van der Waals surface area (Å²) in [6, 6.07) is 29.8. The predicted octanol–water partition coefficient (Wildman–Crippen LogP) is 5.43. The second-order valence-electron chi connectivity index (χ2n) is 8.62. The smallest absolute Gasteiger partial charge is 0.304 e. The molecule has 0 spiro atoms. The molecule has 0 N–H and O–H groups in total. The molecule has 0 unspecified atom stereocenters. The van der Waals surface area contributed by atoms with Gasteiger partial charge in [-0.3, -0.25) is 4.79 Å². The van der Waals surface area contributed by atoms with Crippen LogP contribution in [0.5, 0.6) is 0 Å². The minimum absolute atomic E-state index is 0.247. The second kappa shape index (κ2) is 13.7. The molecule has 0 aliphatic carbocycles. The lowest BCUT2D eigenvalue weighted by Crippen LogP contribution is -2.59. The molecule has 6 nitrogen and oxygen atoms in total. The molecule has 1 heterocycles. The van der Waals surface area contributed by atoms with Crippen molar-refractivity contribution in [3.8, 4) is 0 Å². The van der Waals surface area contributed by atoms with Gasteiger partial charge >= 0.3 is 5.97 Å². The molecule has 1 aliphatic heterocycles. The van der Waals surface area contributed by atoms with Crippen LogP contribution in [0.2, 0.25) is 0 Å². The zero-order chi connectivity index (χ0) is 25.2. The van der Waals surface area contributed by atoms with E-state index < -0.39 is 35.4 Å². The first kappa shape index (κ1) is 26.5. The third-order valence-electron chi connectivity index (χ3n) is 5.82. The molecule has 36 heavy (non-hydrogen) atoms. The summed E-state index contributed by atoms with van der Waals surface area (Å²) in [5, 5.41) is 0. The molecular weight excluding hydrogens is 524 g/mol. The minimum atomic E-state index is -0.842. The van der Waals surface area contributed by atoms with E-state index in [0.717, 1.165) is 16.7 Å². The van der Waals surface area contributed by atoms with Crippen LogP contribution < -0.4 is 0 Å². The van der Waals surface area contributed by atoms with Crippen molar-refractivity contribution >= 4 is 21.9 Å². The van der Waals surface area contributed by atoms with Gasteiger partial charge in [0, 0.05) is 6.92 Å². The fraction of sp³-hybridized carbons (Fsp3) is 0.345. The molecule has 5 atom stereocenters. The van der Waals surface area contributed by atoms with Gasteiger partial charge in [0.15, 0.2) is 0 Å². The van der Waals surface area contributed by atoms with Gasteiger partial charge in [-0.25, -0.2) is 0 Å². The number of hydrogen-bond acceptors (Lipinski definition) is 6. The van der Waals surface area contributed by atoms with Gasteiger partial charge in [0.2, 0.25) is 6.29 Å². The Bertz CT molecular complexity index is 1050. The van der Waals surface area contributed by atoms with Crippen molar-refractivity contribution in [2.75, 3.05) is 6.61 Å². The second-order valence-corrected chi connectivity index (χ2v) is 9.68. The quantitative estimate of drug-likeness (QED) is 0.233. The summed E-state index contributed by atoms with van der Waals surface area (Å²) < 4.78 is 30.5. The van der Waals surface area contributed by atoms with E-state index in [1.807, 2.05) is 91.0 Å². The highest BCUT2D eigenvalue weighted by Crippen LogP contribution is 2.33. The van der Waals surface area contributed by atoms with E-state index in [9.17, 15) is 4.79 Å². The molecule has 1 saturated heterocycles. The topological polar surface area (TPSA) is 63.2 Å². The van der Waals surface area contributed by atoms with Gasteiger partial charge < -0.3 is 23.7 Å². The summed E-state index contributed by atoms with van der Waals surface area (Å²) in [7, 11) is 0. The fourth-order valence-corrected chi connectivity index (χ4v) is 4.74. The molecule has 1 fully saturated rings. The molecule has 0 bridgehead atoms. The van der Waals surface area contributed by atoms with Crippen molar-refractivity contribution < 1.29 is 28.5 Å². The normalized spacial score (nSPS) is 23.8. The lowest BCUT2D eigenvalue weighted by atomic mass is 10.0. The fourth-order valence-electron chi connectivity index (χ4n) is 4.05. The number of carbonyl (C=O) groups excluding carboxylic acids is 1. The van der Waals surface area contributed by atoms with E-state index in [0.29, 0.717) is 19.8 Å². The Morgan fingerprint density at radius 3 is 1.72 bits per heavy atom. The monoisotopic (exact) mass is 554 g/mol. The van der Waals surface area contributed by atoms with Gasteiger partial charge in [0.25, 0.3) is 0 Å². The number of alkyl halides is 1. The van der Waals surface area contributed by atoms with Crippen LogP contribution in [0, 0.1) is 0 Å². The number of benzene rings is 3. The molecular formula is C29H31BrO6. The van der Waals surface area contributed by atoms with E-state index in [1.165, 1.54) is 6.92 Å². The van der Waals surface area contributed by atoms with Crippen molar-refractivity contribution in [1.82, 2.24) is 0 Å². The zero-order valence-electron chi connectivity index (χ0n) is 20.2. The average Bonchev–Trinajstić information content (AvgIpc) is 2.90. The third kappa shape index (κ3) is 7.72. The van der Waals surface area contributed by atoms with Crippen molar-refractivity contribution in [2.45, 2.75) is 56.2 Å². The van der Waals surface area contributed by atoms with Gasteiger partial charge in [0.05, 0.1) is 26.4 Å². The number of esters is 1. The first-order valence-electron chi connectivity index (χ1n) is 12.0. The maximum atomic E-state index is 11.8. The lowest BCUT2D eigenvalue weighted by Gasteiger charge is -2.43. The van der Waals surface area contributed by atoms with Crippen molar-refractivity contribution in [3.63, 3.8) is 0 Å². The Labute approximate surface area is 220 Å². The summed E-state index contributed by atoms with van der Waals surface area (Å²) >= 11 is 3.67. The number of ether oxygens (including phenoxy) is 5. The first-order chi connectivity index (χ1) is 17.6. The molecule has 1 aliphatic rings. The minimum Gasteiger partial charge on any atom is -0.435 e. The SMILES string of the molecule is CC(=O)O[C@@H]1O[C@H](COCc2ccccc2)[C@@H](OCc2ccccc2)[C@H](OCc2ccccc2)[C@H]1Br. The van der Waals surface area contributed by atoms with Gasteiger partial charge in [-0.2, -0.15) is 0 Å². The largest absolute Gasteiger partial charge is 0.435 e. The van der Waals surface area contributed by atoms with Crippen LogP contribution >= 0.6 is 15.9 Å². The number of hydrogen-bond donors (Lipinski definition) is 0. The van der Waals surface area contributed by atoms with E-state index in [-0.39, 0.29) is 6.61 Å². The molecule has 7 heteroatoms. The van der Waals surface area contributed by atoms with Crippen LogP contribution in [0.3, 0.4) is 0 Å². The number of rotatable bonds is 11. The van der Waals surface area contributed by atoms with Crippen LogP contribution in [-0.4, -0.2) is 42.0 Å². The Balaban J connectivity index is 1.52. The number of halogens is 1. The average molecular weight is 555 g/mol. The maximum Gasteiger partial charge on any atom is 0.304 e. The molecule has 4 rings (SSSR count). The van der Waals surface area contributed by atoms with Crippen molar-refractivity contribution in [3.05, 3.63) is 108 Å². The van der Waals surface area contributed by atoms with Crippen LogP contribution in [-0.2, 0) is 48.3 Å². The Kier molecular flexibility index (Phi) is 10.1. The lowest BCUT2D eigenvalue weighted by molar-refractivity contribution is -0.266. The Morgan fingerprint density at radius 1 is 0.750 bits per heavy atom. The number of carbonyl (C=O) groups is 1. The van der Waals surface area contributed by atoms with Crippen molar-refractivity contribution in [2.24, 2.45) is 0 Å². The van der Waals surface area contributed by atoms with E-state index in [2.05, 4.69) is 15.9 Å². The highest BCUT2D eigenvalue weighted by Gasteiger charge is 2.48. The maximum absolute atomic E-state index is 11.8. The first-order valence-corrected chi connectivity index (χ1v) is 12.9. The molecule has 0 radical (unpaired) electrons. The molecule has 3 aromatic rings. The van der Waals surface area contributed by atoms with E-state index in [1.54, 1.807) is 0 Å². The van der Waals surface area contributed by atoms with Gasteiger partial charge in [0.1, 0.15) is 23.1 Å². The van der Waals surface area contributed by atoms with Gasteiger partial charge in [-0.1, -0.05) is 107 Å². The standard InChI is InChI=1S/C29H31BrO6/c1-21(31)35-29-26(30)28(34-19-24-15-9-4-10-16-24)27(33-18-23-13-7-3-8-14-23)25(36-29)20-32-17-22-11-5-2-6-12-22/h2-16,25-29H,17-20H2,1H3/t25-,26-,27-,28-,29-/m1/s1. The van der Waals surface area contributed by atoms with Crippen LogP contribution in [0.1, 0.15) is 23.6 Å². The summed E-state index contributed by atoms with van der Waals surface area (Å²) in [6.45, 7) is 2.80.